The van der Waals surface area contributed by atoms with Crippen LogP contribution in [0.3, 0.4) is 0 Å². The van der Waals surface area contributed by atoms with Crippen molar-refractivity contribution in [3.05, 3.63) is 63.6 Å². The minimum Gasteiger partial charge on any atom is -0.444 e. The van der Waals surface area contributed by atoms with Gasteiger partial charge in [-0.3, -0.25) is 13.8 Å². The maximum Gasteiger partial charge on any atom is 0.408 e. The first kappa shape index (κ1) is 25.2. The number of pyridine rings is 1. The normalized spacial score (nSPS) is 21.7. The fourth-order valence-electron chi connectivity index (χ4n) is 6.05. The number of fused-ring (bicyclic) bond motifs is 3. The Morgan fingerprint density at radius 2 is 1.89 bits per heavy atom. The number of aryl methyl sites for hydroxylation is 2. The van der Waals surface area contributed by atoms with E-state index in [2.05, 4.69) is 31.3 Å². The molecule has 1 aromatic carbocycles. The lowest BCUT2D eigenvalue weighted by atomic mass is 9.80. The summed E-state index contributed by atoms with van der Waals surface area (Å²) < 4.78 is 101. The van der Waals surface area contributed by atoms with Crippen molar-refractivity contribution in [1.29, 1.82) is 0 Å². The molecule has 1 aliphatic carbocycles. The molecule has 4 heterocycles. The van der Waals surface area contributed by atoms with Gasteiger partial charge in [0.05, 0.1) is 43.2 Å². The summed E-state index contributed by atoms with van der Waals surface area (Å²) in [6.07, 6.45) is 2.64. The molecule has 1 N–H and O–H groups in total. The molecule has 4 aromatic heterocycles. The van der Waals surface area contributed by atoms with Crippen LogP contribution in [0.1, 0.15) is 67.6 Å². The van der Waals surface area contributed by atoms with Gasteiger partial charge in [-0.15, -0.1) is 5.10 Å². The summed E-state index contributed by atoms with van der Waals surface area (Å²) in [7, 11) is -4.62. The predicted octanol–water partition coefficient (Wildman–Crippen LogP) is 5.63. The molecule has 5 aromatic rings. The fraction of sp³-hybridized carbons (Fsp3) is 0.419. The summed E-state index contributed by atoms with van der Waals surface area (Å²) >= 11 is 3.43. The smallest absolute Gasteiger partial charge is 0.408 e. The van der Waals surface area contributed by atoms with Crippen LogP contribution in [0, 0.1) is 5.95 Å². The largest absolute Gasteiger partial charge is 0.444 e. The molecule has 1 amide bonds. The molecule has 0 atom stereocenters. The van der Waals surface area contributed by atoms with E-state index in [-0.39, 0.29) is 37.1 Å². The molecule has 0 saturated heterocycles. The average molecular weight is 723 g/mol. The van der Waals surface area contributed by atoms with Gasteiger partial charge in [0.2, 0.25) is 5.95 Å². The Labute approximate surface area is 281 Å². The van der Waals surface area contributed by atoms with Crippen LogP contribution in [0.15, 0.2) is 56.9 Å². The monoisotopic (exact) mass is 721 g/mol. The maximum atomic E-state index is 15.7. The molecule has 46 heavy (non-hydrogen) atoms. The average Bonchev–Trinajstić information content (AvgIpc) is 3.65. The standard InChI is InChI=1S/C31H35BrFN7O5S/c1-30(2,3)45-28(41)35-31(4)14-12-18(13-15-31)39-25-21(38(6)29(39)42)16-34-27-22(25)23(32)24(20-17-37(5)36-26(20)33)40(27)46(43,44)19-10-8-7-9-11-19/h7-11,16-18H,12-15H2,1-6H3,(H,35,41)/i5D3,6D3. The van der Waals surface area contributed by atoms with E-state index in [1.165, 1.54) is 28.8 Å². The van der Waals surface area contributed by atoms with Crippen molar-refractivity contribution in [1.82, 2.24) is 33.2 Å². The lowest BCUT2D eigenvalue weighted by Crippen LogP contribution is -2.50. The topological polar surface area (TPSA) is 135 Å². The number of amides is 1. The minimum absolute atomic E-state index is 0.0126. The number of aromatic nitrogens is 6. The number of halogens is 2. The highest BCUT2D eigenvalue weighted by atomic mass is 79.9. The van der Waals surface area contributed by atoms with Gasteiger partial charge in [0.25, 0.3) is 10.0 Å². The number of ether oxygens (including phenoxy) is 1. The number of alkyl carbamates (subject to hydrolysis) is 1. The third kappa shape index (κ3) is 5.32. The second kappa shape index (κ2) is 11.1. The van der Waals surface area contributed by atoms with Crippen LogP contribution < -0.4 is 11.0 Å². The minimum atomic E-state index is -4.62. The van der Waals surface area contributed by atoms with Gasteiger partial charge >= 0.3 is 11.8 Å². The van der Waals surface area contributed by atoms with Crippen molar-refractivity contribution in [2.45, 2.75) is 75.5 Å². The van der Waals surface area contributed by atoms with Gasteiger partial charge in [-0.2, -0.15) is 4.39 Å². The van der Waals surface area contributed by atoms with Gasteiger partial charge in [0, 0.05) is 40.0 Å². The zero-order valence-electron chi connectivity index (χ0n) is 31.3. The molecule has 12 nitrogen and oxygen atoms in total. The Morgan fingerprint density at radius 3 is 2.50 bits per heavy atom. The van der Waals surface area contributed by atoms with E-state index in [1.807, 2.05) is 6.92 Å². The highest BCUT2D eigenvalue weighted by molar-refractivity contribution is 9.10. The highest BCUT2D eigenvalue weighted by Gasteiger charge is 2.37. The van der Waals surface area contributed by atoms with Crippen LogP contribution in [0.25, 0.3) is 33.3 Å². The van der Waals surface area contributed by atoms with Gasteiger partial charge in [-0.1, -0.05) is 18.2 Å². The Hall–Kier alpha value is -3.98. The molecule has 1 saturated carbocycles. The Bertz CT molecular complexity index is 2390. The van der Waals surface area contributed by atoms with Crippen LogP contribution in [0.5, 0.6) is 0 Å². The third-order valence-corrected chi connectivity index (χ3v) is 10.6. The molecular weight excluding hydrogens is 681 g/mol. The molecular formula is C31H35BrFN7O5S. The van der Waals surface area contributed by atoms with E-state index < -0.39 is 64.5 Å². The molecule has 1 fully saturated rings. The molecule has 0 unspecified atom stereocenters. The summed E-state index contributed by atoms with van der Waals surface area (Å²) in [4.78, 5) is 31.0. The number of hydrogen-bond donors (Lipinski definition) is 1. The van der Waals surface area contributed by atoms with Crippen LogP contribution in [-0.2, 0) is 28.7 Å². The molecule has 6 rings (SSSR count). The molecule has 244 valence electrons. The van der Waals surface area contributed by atoms with Crippen molar-refractivity contribution in [2.75, 3.05) is 0 Å². The number of carbonyl (C=O) groups excluding carboxylic acids is 1. The van der Waals surface area contributed by atoms with Crippen molar-refractivity contribution < 1.29 is 30.6 Å². The molecule has 0 aliphatic heterocycles. The predicted molar refractivity (Wildman–Crippen MR) is 175 cm³/mol. The first-order valence-corrected chi connectivity index (χ1v) is 16.6. The van der Waals surface area contributed by atoms with Crippen molar-refractivity contribution in [3.8, 4) is 11.3 Å². The van der Waals surface area contributed by atoms with Gasteiger partial charge in [0.1, 0.15) is 5.60 Å². The quantitative estimate of drug-likeness (QED) is 0.249. The van der Waals surface area contributed by atoms with E-state index in [4.69, 9.17) is 13.0 Å². The zero-order valence-corrected chi connectivity index (χ0v) is 27.7. The van der Waals surface area contributed by atoms with Gasteiger partial charge in [0.15, 0.2) is 5.65 Å². The van der Waals surface area contributed by atoms with Crippen LogP contribution in [0.4, 0.5) is 9.18 Å². The Morgan fingerprint density at radius 1 is 1.20 bits per heavy atom. The molecule has 0 bridgehead atoms. The number of nitrogens with zero attached hydrogens (tertiary/aromatic N) is 6. The number of benzene rings is 1. The number of imidazole rings is 1. The number of carbonyl (C=O) groups is 1. The SMILES string of the molecule is [2H]C([2H])([2H])n1cc(-c2c(Br)c3c(ncc4c3n(C3CCC(C)(NC(=O)OC(C)(C)C)CC3)c(=O)n4C([2H])([2H])[2H])n2S(=O)(=O)c2ccccc2)c(F)n1. The third-order valence-electron chi connectivity index (χ3n) is 8.15. The Kier molecular flexibility index (Phi) is 6.06. The lowest BCUT2D eigenvalue weighted by Gasteiger charge is -2.38. The first-order chi connectivity index (χ1) is 23.9. The summed E-state index contributed by atoms with van der Waals surface area (Å²) in [6, 6.07) is 6.55. The lowest BCUT2D eigenvalue weighted by molar-refractivity contribution is 0.0427. The molecule has 1 aliphatic rings. The highest BCUT2D eigenvalue weighted by Crippen LogP contribution is 2.44. The van der Waals surface area contributed by atoms with Crippen molar-refractivity contribution >= 4 is 54.1 Å². The summed E-state index contributed by atoms with van der Waals surface area (Å²) in [5, 5.41) is 6.36. The van der Waals surface area contributed by atoms with Crippen LogP contribution in [0.2, 0.25) is 0 Å². The van der Waals surface area contributed by atoms with E-state index in [9.17, 15) is 18.0 Å². The van der Waals surface area contributed by atoms with E-state index in [0.717, 1.165) is 16.4 Å². The molecule has 0 radical (unpaired) electrons. The van der Waals surface area contributed by atoms with Crippen LogP contribution >= 0.6 is 15.9 Å². The zero-order chi connectivity index (χ0) is 38.3. The number of rotatable bonds is 5. The van der Waals surface area contributed by atoms with Crippen LogP contribution in [-0.4, -0.2) is 53.5 Å². The summed E-state index contributed by atoms with van der Waals surface area (Å²) in [5.74, 6) is -1.30. The van der Waals surface area contributed by atoms with Gasteiger partial charge in [-0.05, 0) is 81.4 Å². The number of nitrogens with one attached hydrogen (secondary N) is 1. The van der Waals surface area contributed by atoms with Crippen molar-refractivity contribution in [3.63, 3.8) is 0 Å². The second-order valence-electron chi connectivity index (χ2n) is 12.6. The fourth-order valence-corrected chi connectivity index (χ4v) is 8.43. The van der Waals surface area contributed by atoms with E-state index in [0.29, 0.717) is 34.9 Å². The van der Waals surface area contributed by atoms with Gasteiger partial charge < -0.3 is 10.1 Å². The number of hydrogen-bond acceptors (Lipinski definition) is 7. The maximum absolute atomic E-state index is 15.7. The van der Waals surface area contributed by atoms with E-state index >= 15 is 4.39 Å². The first-order valence-electron chi connectivity index (χ1n) is 17.4. The summed E-state index contributed by atoms with van der Waals surface area (Å²) in [6.45, 7) is 1.16. The molecule has 0 spiro atoms. The molecule has 15 heteroatoms. The second-order valence-corrected chi connectivity index (χ2v) is 15.2. The van der Waals surface area contributed by atoms with Gasteiger partial charge in [-0.25, -0.2) is 27.0 Å². The Balaban J connectivity index is 1.63. The summed E-state index contributed by atoms with van der Waals surface area (Å²) in [5.41, 5.74) is -3.68. The van der Waals surface area contributed by atoms with E-state index in [1.54, 1.807) is 26.8 Å². The van der Waals surface area contributed by atoms with Crippen molar-refractivity contribution in [2.24, 2.45) is 14.0 Å².